The summed E-state index contributed by atoms with van der Waals surface area (Å²) in [5.41, 5.74) is 1.71. The van der Waals surface area contributed by atoms with E-state index in [2.05, 4.69) is 26.3 Å². The number of carbonyl (C=O) groups excluding carboxylic acids is 3. The summed E-state index contributed by atoms with van der Waals surface area (Å²) in [6.07, 6.45) is 1.14. The Bertz CT molecular complexity index is 1360. The van der Waals surface area contributed by atoms with E-state index in [0.29, 0.717) is 18.8 Å². The minimum atomic E-state index is -1.35. The van der Waals surface area contributed by atoms with E-state index in [0.717, 1.165) is 11.1 Å². The number of carboxylic acid groups (broad SMARTS) is 1. The van der Waals surface area contributed by atoms with Crippen molar-refractivity contribution in [3.05, 3.63) is 96.2 Å². The second-order valence-electron chi connectivity index (χ2n) is 10.1. The largest absolute Gasteiger partial charge is 0.480 e. The predicted molar refractivity (Wildman–Crippen MR) is 160 cm³/mol. The summed E-state index contributed by atoms with van der Waals surface area (Å²) in [5, 5.41) is 20.1. The van der Waals surface area contributed by atoms with E-state index in [-0.39, 0.29) is 38.9 Å². The molecule has 3 unspecified atom stereocenters. The zero-order valence-electron chi connectivity index (χ0n) is 24.1. The van der Waals surface area contributed by atoms with Crippen LogP contribution >= 0.6 is 0 Å². The van der Waals surface area contributed by atoms with Gasteiger partial charge >= 0.3 is 18.1 Å². The van der Waals surface area contributed by atoms with Gasteiger partial charge in [0.15, 0.2) is 0 Å². The number of hydrogen-bond acceptors (Lipinski definition) is 8. The second kappa shape index (κ2) is 16.5. The van der Waals surface area contributed by atoms with Crippen molar-refractivity contribution in [2.24, 2.45) is 0 Å². The first-order valence-electron chi connectivity index (χ1n) is 14.2. The molecule has 0 spiro atoms. The number of aliphatic carboxylic acids is 1. The van der Waals surface area contributed by atoms with Crippen LogP contribution in [0.4, 0.5) is 15.4 Å². The zero-order valence-corrected chi connectivity index (χ0v) is 24.1. The molecule has 13 heteroatoms. The molecule has 0 radical (unpaired) electrons. The van der Waals surface area contributed by atoms with E-state index < -0.39 is 36.1 Å². The molecule has 13 nitrogen and oxygen atoms in total. The molecule has 3 aromatic rings. The highest BCUT2D eigenvalue weighted by Crippen LogP contribution is 2.22. The number of anilines is 1. The van der Waals surface area contributed by atoms with Crippen molar-refractivity contribution < 1.29 is 33.8 Å². The van der Waals surface area contributed by atoms with Crippen LogP contribution in [0.3, 0.4) is 0 Å². The van der Waals surface area contributed by atoms with Crippen molar-refractivity contribution in [1.29, 1.82) is 0 Å². The Morgan fingerprint density at radius 1 is 0.932 bits per heavy atom. The van der Waals surface area contributed by atoms with E-state index in [1.165, 1.54) is 0 Å². The number of nitrogens with zero attached hydrogens (tertiary/aromatic N) is 2. The highest BCUT2D eigenvalue weighted by molar-refractivity contribution is 5.84. The van der Waals surface area contributed by atoms with E-state index >= 15 is 0 Å². The first-order chi connectivity index (χ1) is 21.4. The van der Waals surface area contributed by atoms with Gasteiger partial charge in [0.2, 0.25) is 5.91 Å². The van der Waals surface area contributed by atoms with Crippen LogP contribution in [0.15, 0.2) is 85.1 Å². The van der Waals surface area contributed by atoms with Gasteiger partial charge < -0.3 is 40.7 Å². The van der Waals surface area contributed by atoms with Gasteiger partial charge in [0.25, 0.3) is 0 Å². The molecule has 0 bridgehead atoms. The van der Waals surface area contributed by atoms with Gasteiger partial charge in [-0.15, -0.1) is 0 Å². The Labute approximate surface area is 254 Å². The number of aromatic nitrogens is 1. The lowest BCUT2D eigenvalue weighted by atomic mass is 10.2. The Hall–Kier alpha value is -5.17. The standard InChI is InChI=1S/C31H36N6O7/c38-28(34-18-26(29(39)40)36-30(41)35-16-22-9-3-1-4-10-22)21-43-25-15-24(17-33-27-13-7-8-14-32-27)37(19-25)31(42)44-20-23-11-5-2-6-12-23/h1-14,24-26H,15-21H2,(H,32,33)(H,34,38)(H,39,40)(H2,35,36,41). The number of hydrogen-bond donors (Lipinski definition) is 5. The smallest absolute Gasteiger partial charge is 0.410 e. The van der Waals surface area contributed by atoms with Crippen LogP contribution in [0.2, 0.25) is 0 Å². The monoisotopic (exact) mass is 604 g/mol. The summed E-state index contributed by atoms with van der Waals surface area (Å²) in [7, 11) is 0. The zero-order chi connectivity index (χ0) is 31.1. The molecule has 2 heterocycles. The van der Waals surface area contributed by atoms with Crippen LogP contribution in [0, 0.1) is 0 Å². The molecule has 0 aliphatic carbocycles. The fraction of sp³-hybridized carbons (Fsp3) is 0.323. The fourth-order valence-electron chi connectivity index (χ4n) is 4.55. The Morgan fingerprint density at radius 2 is 1.64 bits per heavy atom. The maximum absolute atomic E-state index is 13.0. The highest BCUT2D eigenvalue weighted by atomic mass is 16.6. The maximum Gasteiger partial charge on any atom is 0.410 e. The van der Waals surface area contributed by atoms with E-state index in [1.54, 1.807) is 17.2 Å². The van der Waals surface area contributed by atoms with Crippen molar-refractivity contribution in [1.82, 2.24) is 25.8 Å². The molecule has 3 atom stereocenters. The predicted octanol–water partition coefficient (Wildman–Crippen LogP) is 2.36. The van der Waals surface area contributed by atoms with E-state index in [1.807, 2.05) is 72.8 Å². The lowest BCUT2D eigenvalue weighted by Gasteiger charge is -2.24. The quantitative estimate of drug-likeness (QED) is 0.185. The lowest BCUT2D eigenvalue weighted by molar-refractivity contribution is -0.139. The maximum atomic E-state index is 13.0. The van der Waals surface area contributed by atoms with Gasteiger partial charge in [-0.25, -0.2) is 19.4 Å². The molecule has 0 saturated carbocycles. The van der Waals surface area contributed by atoms with Crippen LogP contribution in [0.5, 0.6) is 0 Å². The average Bonchev–Trinajstić information content (AvgIpc) is 3.47. The van der Waals surface area contributed by atoms with Crippen molar-refractivity contribution in [3.63, 3.8) is 0 Å². The molecular formula is C31H36N6O7. The third-order valence-electron chi connectivity index (χ3n) is 6.85. The molecule has 1 aromatic heterocycles. The molecule has 4 amide bonds. The molecule has 2 aromatic carbocycles. The lowest BCUT2D eigenvalue weighted by Crippen LogP contribution is -2.51. The van der Waals surface area contributed by atoms with Crippen molar-refractivity contribution in [3.8, 4) is 0 Å². The molecule has 1 fully saturated rings. The second-order valence-corrected chi connectivity index (χ2v) is 10.1. The fourth-order valence-corrected chi connectivity index (χ4v) is 4.55. The van der Waals surface area contributed by atoms with Crippen molar-refractivity contribution >= 4 is 29.8 Å². The van der Waals surface area contributed by atoms with Gasteiger partial charge in [-0.05, 0) is 29.7 Å². The van der Waals surface area contributed by atoms with Gasteiger partial charge in [0.1, 0.15) is 25.1 Å². The molecule has 44 heavy (non-hydrogen) atoms. The first kappa shape index (κ1) is 31.8. The topological polar surface area (TPSA) is 171 Å². The van der Waals surface area contributed by atoms with Crippen LogP contribution < -0.4 is 21.3 Å². The highest BCUT2D eigenvalue weighted by Gasteiger charge is 2.37. The van der Waals surface area contributed by atoms with Crippen molar-refractivity contribution in [2.75, 3.05) is 31.6 Å². The normalized spacial score (nSPS) is 16.4. The Morgan fingerprint density at radius 3 is 2.32 bits per heavy atom. The van der Waals surface area contributed by atoms with Gasteiger partial charge in [-0.2, -0.15) is 0 Å². The van der Waals surface area contributed by atoms with Crippen LogP contribution in [0.25, 0.3) is 0 Å². The molecule has 1 saturated heterocycles. The van der Waals surface area contributed by atoms with Gasteiger partial charge in [-0.3, -0.25) is 4.79 Å². The SMILES string of the molecule is O=C(COC1CC(CNc2ccccn2)N(C(=O)OCc2ccccc2)C1)NCC(NC(=O)NCc1ccccc1)C(=O)O. The van der Waals surface area contributed by atoms with Crippen molar-refractivity contribution in [2.45, 2.75) is 37.8 Å². The summed E-state index contributed by atoms with van der Waals surface area (Å²) in [4.78, 5) is 55.2. The summed E-state index contributed by atoms with van der Waals surface area (Å²) in [6.45, 7) is 0.238. The van der Waals surface area contributed by atoms with Crippen LogP contribution in [0.1, 0.15) is 17.5 Å². The number of amides is 4. The number of urea groups is 1. The Kier molecular flexibility index (Phi) is 11.9. The molecule has 5 N–H and O–H groups in total. The molecule has 1 aliphatic heterocycles. The minimum Gasteiger partial charge on any atom is -0.480 e. The number of nitrogens with one attached hydrogen (secondary N) is 4. The third kappa shape index (κ3) is 10.3. The van der Waals surface area contributed by atoms with Crippen LogP contribution in [-0.4, -0.2) is 83.4 Å². The third-order valence-corrected chi connectivity index (χ3v) is 6.85. The Balaban J connectivity index is 1.24. The number of pyridine rings is 1. The molecule has 1 aliphatic rings. The molecular weight excluding hydrogens is 568 g/mol. The number of rotatable bonds is 14. The van der Waals surface area contributed by atoms with Crippen LogP contribution in [-0.2, 0) is 32.2 Å². The first-order valence-corrected chi connectivity index (χ1v) is 14.2. The number of carboxylic acids is 1. The summed E-state index contributed by atoms with van der Waals surface area (Å²) in [6, 6.07) is 21.6. The number of ether oxygens (including phenoxy) is 2. The number of benzene rings is 2. The molecule has 4 rings (SSSR count). The van der Waals surface area contributed by atoms with Gasteiger partial charge in [-0.1, -0.05) is 66.7 Å². The van der Waals surface area contributed by atoms with E-state index in [9.17, 15) is 24.3 Å². The minimum absolute atomic E-state index is 0.119. The number of likely N-dealkylation sites (tertiary alicyclic amines) is 1. The van der Waals surface area contributed by atoms with Gasteiger partial charge in [0.05, 0.1) is 18.7 Å². The summed E-state index contributed by atoms with van der Waals surface area (Å²) in [5.74, 6) is -1.20. The number of carbonyl (C=O) groups is 4. The van der Waals surface area contributed by atoms with E-state index in [4.69, 9.17) is 9.47 Å². The van der Waals surface area contributed by atoms with Gasteiger partial charge in [0, 0.05) is 25.8 Å². The summed E-state index contributed by atoms with van der Waals surface area (Å²) < 4.78 is 11.3. The average molecular weight is 605 g/mol. The summed E-state index contributed by atoms with van der Waals surface area (Å²) >= 11 is 0. The molecule has 232 valence electrons.